The Balaban J connectivity index is 1.65. The number of Topliss-reactive ketones (excluding diaryl/α,β-unsaturated/α-hetero) is 1. The minimum Gasteiger partial charge on any atom is -0.318 e. The van der Waals surface area contributed by atoms with E-state index in [1.165, 1.54) is 43.7 Å². The number of oxime groups is 1. The molecule has 4 heteroatoms. The Morgan fingerprint density at radius 2 is 1.79 bits per heavy atom. The molecule has 2 unspecified atom stereocenters. The largest absolute Gasteiger partial charge is 0.331 e. The van der Waals surface area contributed by atoms with E-state index in [0.717, 1.165) is 32.1 Å². The molecule has 182 valence electrons. The number of hydrogen-bond acceptors (Lipinski definition) is 4. The van der Waals surface area contributed by atoms with Gasteiger partial charge < -0.3 is 4.84 Å². The number of rotatable bonds is 10. The third-order valence-corrected chi connectivity index (χ3v) is 8.19. The standard InChI is InChI=1S/C30H39NO3/c1-4-18-30(19-5-2)26-13-9-8-12-24(26)25-16-15-23(20-27(25)30)29(33)28(31-34-21(3)32)17-14-22-10-6-7-11-22/h8-9,12-13,15-16,20,22,25,27H,4-7,10-11,14,17-19H2,1-3H3/b31-28+. The van der Waals surface area contributed by atoms with E-state index in [9.17, 15) is 9.59 Å². The Morgan fingerprint density at radius 3 is 2.47 bits per heavy atom. The van der Waals surface area contributed by atoms with Gasteiger partial charge in [-0.25, -0.2) is 4.79 Å². The molecule has 0 aliphatic heterocycles. The van der Waals surface area contributed by atoms with Crippen molar-refractivity contribution < 1.29 is 14.4 Å². The number of fused-ring (bicyclic) bond motifs is 3. The molecule has 34 heavy (non-hydrogen) atoms. The quantitative estimate of drug-likeness (QED) is 0.210. The Bertz CT molecular complexity index is 990. The number of carbonyl (C=O) groups is 2. The number of hydrogen-bond donors (Lipinski definition) is 0. The fourth-order valence-electron chi connectivity index (χ4n) is 6.80. The van der Waals surface area contributed by atoms with E-state index < -0.39 is 5.97 Å². The fourth-order valence-corrected chi connectivity index (χ4v) is 6.80. The lowest BCUT2D eigenvalue weighted by Crippen LogP contribution is -2.33. The molecule has 0 amide bonds. The zero-order valence-corrected chi connectivity index (χ0v) is 21.0. The smallest absolute Gasteiger partial charge is 0.318 e. The van der Waals surface area contributed by atoms with Gasteiger partial charge >= 0.3 is 5.97 Å². The second-order valence-corrected chi connectivity index (χ2v) is 10.4. The summed E-state index contributed by atoms with van der Waals surface area (Å²) in [6, 6.07) is 8.86. The van der Waals surface area contributed by atoms with E-state index in [4.69, 9.17) is 4.84 Å². The van der Waals surface area contributed by atoms with Crippen molar-refractivity contribution in [2.24, 2.45) is 17.0 Å². The van der Waals surface area contributed by atoms with Crippen LogP contribution >= 0.6 is 0 Å². The van der Waals surface area contributed by atoms with Gasteiger partial charge in [0.2, 0.25) is 5.78 Å². The second kappa shape index (κ2) is 10.8. The fraction of sp³-hybridized carbons (Fsp3) is 0.567. The van der Waals surface area contributed by atoms with Crippen LogP contribution in [-0.4, -0.2) is 17.5 Å². The maximum absolute atomic E-state index is 13.7. The molecule has 1 aromatic rings. The molecule has 0 spiro atoms. The maximum Gasteiger partial charge on any atom is 0.331 e. The molecule has 0 N–H and O–H groups in total. The molecular weight excluding hydrogens is 422 g/mol. The van der Waals surface area contributed by atoms with Gasteiger partial charge in [0.1, 0.15) is 5.71 Å². The van der Waals surface area contributed by atoms with Gasteiger partial charge in [-0.3, -0.25) is 4.79 Å². The van der Waals surface area contributed by atoms with Crippen LogP contribution in [0.5, 0.6) is 0 Å². The summed E-state index contributed by atoms with van der Waals surface area (Å²) in [5.41, 5.74) is 3.99. The van der Waals surface area contributed by atoms with Gasteiger partial charge in [0.05, 0.1) is 0 Å². The van der Waals surface area contributed by atoms with Crippen LogP contribution in [0, 0.1) is 11.8 Å². The van der Waals surface area contributed by atoms with Crippen LogP contribution in [0.25, 0.3) is 0 Å². The molecule has 0 aromatic heterocycles. The molecule has 4 rings (SSSR count). The highest BCUT2D eigenvalue weighted by Gasteiger charge is 2.50. The van der Waals surface area contributed by atoms with E-state index >= 15 is 0 Å². The van der Waals surface area contributed by atoms with E-state index in [1.54, 1.807) is 0 Å². The molecule has 0 bridgehead atoms. The number of allylic oxidation sites excluding steroid dienone is 4. The summed E-state index contributed by atoms with van der Waals surface area (Å²) in [5, 5.41) is 4.04. The third-order valence-electron chi connectivity index (χ3n) is 8.19. The van der Waals surface area contributed by atoms with Gasteiger partial charge in [-0.1, -0.05) is 100 Å². The average Bonchev–Trinajstić information content (AvgIpc) is 3.45. The van der Waals surface area contributed by atoms with Crippen molar-refractivity contribution in [3.8, 4) is 0 Å². The average molecular weight is 462 g/mol. The SMILES string of the molecule is CCCC1(CCC)c2ccccc2C2C=CC(C(=O)/C(CCC3CCCC3)=N/OC(C)=O)=CC21. The van der Waals surface area contributed by atoms with Crippen molar-refractivity contribution in [3.63, 3.8) is 0 Å². The van der Waals surface area contributed by atoms with Crippen LogP contribution in [0.15, 0.2) is 53.2 Å². The van der Waals surface area contributed by atoms with Crippen molar-refractivity contribution in [3.05, 3.63) is 59.2 Å². The first-order chi connectivity index (χ1) is 16.5. The highest BCUT2D eigenvalue weighted by atomic mass is 16.7. The van der Waals surface area contributed by atoms with Crippen LogP contribution in [0.4, 0.5) is 0 Å². The van der Waals surface area contributed by atoms with Crippen molar-refractivity contribution in [2.45, 2.75) is 96.3 Å². The zero-order valence-electron chi connectivity index (χ0n) is 21.0. The number of nitrogens with zero attached hydrogens (tertiary/aromatic N) is 1. The molecule has 0 heterocycles. The highest BCUT2D eigenvalue weighted by Crippen LogP contribution is 2.57. The van der Waals surface area contributed by atoms with Crippen LogP contribution < -0.4 is 0 Å². The maximum atomic E-state index is 13.7. The molecule has 1 saturated carbocycles. The Hall–Kier alpha value is -2.49. The Kier molecular flexibility index (Phi) is 7.85. The monoisotopic (exact) mass is 461 g/mol. The first-order valence-electron chi connectivity index (χ1n) is 13.3. The molecule has 3 aliphatic rings. The van der Waals surface area contributed by atoms with Crippen LogP contribution in [-0.2, 0) is 19.8 Å². The van der Waals surface area contributed by atoms with Crippen LogP contribution in [0.2, 0.25) is 0 Å². The predicted octanol–water partition coefficient (Wildman–Crippen LogP) is 7.19. The van der Waals surface area contributed by atoms with Crippen molar-refractivity contribution in [2.75, 3.05) is 0 Å². The normalized spacial score (nSPS) is 23.4. The number of carbonyl (C=O) groups excluding carboxylic acids is 2. The minimum atomic E-state index is -0.490. The van der Waals surface area contributed by atoms with Gasteiger partial charge in [-0.2, -0.15) is 0 Å². The molecule has 0 saturated heterocycles. The summed E-state index contributed by atoms with van der Waals surface area (Å²) in [6.45, 7) is 5.84. The summed E-state index contributed by atoms with van der Waals surface area (Å²) >= 11 is 0. The van der Waals surface area contributed by atoms with Crippen LogP contribution in [0.3, 0.4) is 0 Å². The van der Waals surface area contributed by atoms with E-state index in [2.05, 4.69) is 55.4 Å². The summed E-state index contributed by atoms with van der Waals surface area (Å²) in [6.07, 6.45) is 17.3. The van der Waals surface area contributed by atoms with Gasteiger partial charge in [-0.05, 0) is 48.6 Å². The molecule has 4 nitrogen and oxygen atoms in total. The summed E-state index contributed by atoms with van der Waals surface area (Å²) in [7, 11) is 0. The third kappa shape index (κ3) is 4.82. The first kappa shape index (κ1) is 24.6. The van der Waals surface area contributed by atoms with E-state index in [-0.39, 0.29) is 17.1 Å². The predicted molar refractivity (Wildman–Crippen MR) is 137 cm³/mol. The van der Waals surface area contributed by atoms with Crippen molar-refractivity contribution >= 4 is 17.5 Å². The van der Waals surface area contributed by atoms with Crippen LogP contribution in [0.1, 0.15) is 102 Å². The lowest BCUT2D eigenvalue weighted by Gasteiger charge is -2.38. The lowest BCUT2D eigenvalue weighted by molar-refractivity contribution is -0.140. The van der Waals surface area contributed by atoms with Gasteiger partial charge in [0.15, 0.2) is 0 Å². The minimum absolute atomic E-state index is 0.0537. The van der Waals surface area contributed by atoms with Crippen molar-refractivity contribution in [1.82, 2.24) is 0 Å². The molecule has 0 radical (unpaired) electrons. The highest BCUT2D eigenvalue weighted by molar-refractivity contribution is 6.46. The topological polar surface area (TPSA) is 55.7 Å². The van der Waals surface area contributed by atoms with E-state index in [0.29, 0.717) is 29.5 Å². The summed E-state index contributed by atoms with van der Waals surface area (Å²) in [5.74, 6) is 0.626. The summed E-state index contributed by atoms with van der Waals surface area (Å²) in [4.78, 5) is 30.1. The van der Waals surface area contributed by atoms with Gasteiger partial charge in [-0.15, -0.1) is 0 Å². The molecular formula is C30H39NO3. The Morgan fingerprint density at radius 1 is 1.09 bits per heavy atom. The summed E-state index contributed by atoms with van der Waals surface area (Å²) < 4.78 is 0. The molecule has 3 aliphatic carbocycles. The molecule has 1 fully saturated rings. The van der Waals surface area contributed by atoms with Gasteiger partial charge in [0.25, 0.3) is 0 Å². The first-order valence-corrected chi connectivity index (χ1v) is 13.3. The molecule has 2 atom stereocenters. The van der Waals surface area contributed by atoms with Gasteiger partial charge in [0, 0.05) is 23.8 Å². The lowest BCUT2D eigenvalue weighted by atomic mass is 9.65. The molecule has 1 aromatic carbocycles. The number of ketones is 1. The van der Waals surface area contributed by atoms with Crippen molar-refractivity contribution in [1.29, 1.82) is 0 Å². The zero-order chi connectivity index (χ0) is 24.1. The van der Waals surface area contributed by atoms with E-state index in [1.807, 2.05) is 6.08 Å². The Labute approximate surface area is 204 Å². The number of benzene rings is 1. The second-order valence-electron chi connectivity index (χ2n) is 10.4.